The van der Waals surface area contributed by atoms with Crippen molar-refractivity contribution in [3.05, 3.63) is 33.9 Å². The van der Waals surface area contributed by atoms with Crippen LogP contribution in [0, 0.1) is 21.4 Å². The van der Waals surface area contributed by atoms with Crippen LogP contribution in [-0.4, -0.2) is 35.9 Å². The first-order chi connectivity index (χ1) is 9.54. The van der Waals surface area contributed by atoms with Gasteiger partial charge in [-0.1, -0.05) is 0 Å². The second-order valence-corrected chi connectivity index (χ2v) is 3.93. The Balaban J connectivity index is 3.08. The number of nitrogens with zero attached hydrogens (tertiary/aromatic N) is 3. The third-order valence-electron chi connectivity index (χ3n) is 2.79. The molecule has 106 valence electrons. The van der Waals surface area contributed by atoms with Crippen molar-refractivity contribution < 1.29 is 14.5 Å². The van der Waals surface area contributed by atoms with Gasteiger partial charge in [0.15, 0.2) is 0 Å². The minimum absolute atomic E-state index is 0.140. The second kappa shape index (κ2) is 7.09. The number of nitro benzene ring substituents is 1. The van der Waals surface area contributed by atoms with Crippen LogP contribution in [-0.2, 0) is 0 Å². The SMILES string of the molecule is CCN(CCC#N)C(=O)c1ccc([N+](=O)[O-])cc1OC. The van der Waals surface area contributed by atoms with E-state index in [2.05, 4.69) is 0 Å². The van der Waals surface area contributed by atoms with E-state index in [4.69, 9.17) is 10.00 Å². The molecule has 1 aromatic rings. The molecule has 1 amide bonds. The first kappa shape index (κ1) is 15.4. The highest BCUT2D eigenvalue weighted by Crippen LogP contribution is 2.25. The van der Waals surface area contributed by atoms with Crippen LogP contribution in [0.1, 0.15) is 23.7 Å². The Labute approximate surface area is 116 Å². The minimum atomic E-state index is -0.552. The zero-order chi connectivity index (χ0) is 15.1. The number of rotatable bonds is 6. The number of hydrogen-bond donors (Lipinski definition) is 0. The van der Waals surface area contributed by atoms with Gasteiger partial charge in [-0.3, -0.25) is 14.9 Å². The van der Waals surface area contributed by atoms with E-state index in [0.29, 0.717) is 13.1 Å². The molecule has 0 saturated heterocycles. The van der Waals surface area contributed by atoms with Gasteiger partial charge in [0, 0.05) is 19.2 Å². The predicted molar refractivity (Wildman–Crippen MR) is 71.5 cm³/mol. The summed E-state index contributed by atoms with van der Waals surface area (Å²) in [5, 5.41) is 19.3. The molecule has 0 aliphatic heterocycles. The number of carbonyl (C=O) groups excluding carboxylic acids is 1. The fourth-order valence-electron chi connectivity index (χ4n) is 1.73. The fourth-order valence-corrected chi connectivity index (χ4v) is 1.73. The van der Waals surface area contributed by atoms with Crippen LogP contribution >= 0.6 is 0 Å². The summed E-state index contributed by atoms with van der Waals surface area (Å²) in [5.74, 6) is -0.158. The normalized spacial score (nSPS) is 9.65. The number of nitro groups is 1. The minimum Gasteiger partial charge on any atom is -0.496 e. The Morgan fingerprint density at radius 2 is 2.25 bits per heavy atom. The fraction of sp³-hybridized carbons (Fsp3) is 0.385. The molecule has 0 radical (unpaired) electrons. The molecule has 7 heteroatoms. The number of hydrogen-bond acceptors (Lipinski definition) is 5. The first-order valence-corrected chi connectivity index (χ1v) is 6.03. The molecule has 1 rings (SSSR count). The third kappa shape index (κ3) is 3.45. The molecule has 0 atom stereocenters. The molecule has 0 aliphatic carbocycles. The summed E-state index contributed by atoms with van der Waals surface area (Å²) in [6, 6.07) is 5.82. The Hall–Kier alpha value is -2.62. The zero-order valence-electron chi connectivity index (χ0n) is 11.3. The lowest BCUT2D eigenvalue weighted by Gasteiger charge is -2.20. The van der Waals surface area contributed by atoms with E-state index in [-0.39, 0.29) is 29.3 Å². The Bertz CT molecular complexity index is 551. The van der Waals surface area contributed by atoms with Crippen LogP contribution in [0.25, 0.3) is 0 Å². The monoisotopic (exact) mass is 277 g/mol. The number of ether oxygens (including phenoxy) is 1. The lowest BCUT2D eigenvalue weighted by molar-refractivity contribution is -0.384. The van der Waals surface area contributed by atoms with Crippen LogP contribution in [0.2, 0.25) is 0 Å². The van der Waals surface area contributed by atoms with Gasteiger partial charge in [0.25, 0.3) is 11.6 Å². The number of non-ortho nitro benzene ring substituents is 1. The van der Waals surface area contributed by atoms with Crippen molar-refractivity contribution in [2.24, 2.45) is 0 Å². The van der Waals surface area contributed by atoms with Crippen LogP contribution in [0.4, 0.5) is 5.69 Å². The summed E-state index contributed by atoms with van der Waals surface area (Å²) in [5.41, 5.74) is 0.108. The molecule has 0 unspecified atom stereocenters. The molecular weight excluding hydrogens is 262 g/mol. The molecule has 0 saturated carbocycles. The highest BCUT2D eigenvalue weighted by atomic mass is 16.6. The van der Waals surface area contributed by atoms with E-state index in [0.717, 1.165) is 0 Å². The van der Waals surface area contributed by atoms with Gasteiger partial charge in [-0.2, -0.15) is 5.26 Å². The maximum absolute atomic E-state index is 12.3. The Morgan fingerprint density at radius 1 is 1.55 bits per heavy atom. The maximum atomic E-state index is 12.3. The van der Waals surface area contributed by atoms with Gasteiger partial charge >= 0.3 is 0 Å². The third-order valence-corrected chi connectivity index (χ3v) is 2.79. The predicted octanol–water partition coefficient (Wildman–Crippen LogP) is 1.98. The van der Waals surface area contributed by atoms with Gasteiger partial charge < -0.3 is 9.64 Å². The summed E-state index contributed by atoms with van der Waals surface area (Å²) in [6.07, 6.45) is 0.231. The van der Waals surface area contributed by atoms with Crippen molar-refractivity contribution in [2.75, 3.05) is 20.2 Å². The van der Waals surface area contributed by atoms with Crippen LogP contribution in [0.3, 0.4) is 0 Å². The smallest absolute Gasteiger partial charge is 0.273 e. The topological polar surface area (TPSA) is 96.5 Å². The summed E-state index contributed by atoms with van der Waals surface area (Å²) in [6.45, 7) is 2.56. The van der Waals surface area contributed by atoms with E-state index in [1.165, 1.54) is 30.2 Å². The molecular formula is C13H15N3O4. The van der Waals surface area contributed by atoms with E-state index in [9.17, 15) is 14.9 Å². The molecule has 0 N–H and O–H groups in total. The molecule has 0 spiro atoms. The molecule has 1 aromatic carbocycles. The Kier molecular flexibility index (Phi) is 5.47. The number of methoxy groups -OCH3 is 1. The van der Waals surface area contributed by atoms with E-state index < -0.39 is 4.92 Å². The van der Waals surface area contributed by atoms with Gasteiger partial charge in [-0.05, 0) is 13.0 Å². The zero-order valence-corrected chi connectivity index (χ0v) is 11.3. The lowest BCUT2D eigenvalue weighted by Crippen LogP contribution is -2.31. The standard InChI is InChI=1S/C13H15N3O4/c1-3-15(8-4-7-14)13(17)11-6-5-10(16(18)19)9-12(11)20-2/h5-6,9H,3-4,8H2,1-2H3. The number of amides is 1. The first-order valence-electron chi connectivity index (χ1n) is 6.03. The molecule has 0 heterocycles. The average Bonchev–Trinajstić information content (AvgIpc) is 2.46. The number of benzene rings is 1. The van der Waals surface area contributed by atoms with Crippen LogP contribution < -0.4 is 4.74 Å². The summed E-state index contributed by atoms with van der Waals surface area (Å²) in [4.78, 5) is 24.0. The van der Waals surface area contributed by atoms with E-state index in [1.54, 1.807) is 6.92 Å². The van der Waals surface area contributed by atoms with Gasteiger partial charge in [-0.25, -0.2) is 0 Å². The number of carbonyl (C=O) groups is 1. The van der Waals surface area contributed by atoms with Gasteiger partial charge in [0.2, 0.25) is 0 Å². The van der Waals surface area contributed by atoms with Gasteiger partial charge in [0.1, 0.15) is 5.75 Å². The van der Waals surface area contributed by atoms with Crippen molar-refractivity contribution in [1.29, 1.82) is 5.26 Å². The molecule has 0 aromatic heterocycles. The van der Waals surface area contributed by atoms with Crippen molar-refractivity contribution >= 4 is 11.6 Å². The lowest BCUT2D eigenvalue weighted by atomic mass is 10.1. The largest absolute Gasteiger partial charge is 0.496 e. The quantitative estimate of drug-likeness (QED) is 0.585. The average molecular weight is 277 g/mol. The van der Waals surface area contributed by atoms with Crippen molar-refractivity contribution in [1.82, 2.24) is 4.90 Å². The van der Waals surface area contributed by atoms with Crippen molar-refractivity contribution in [3.8, 4) is 11.8 Å². The summed E-state index contributed by atoms with van der Waals surface area (Å²) < 4.78 is 5.04. The van der Waals surface area contributed by atoms with Gasteiger partial charge in [-0.15, -0.1) is 0 Å². The highest BCUT2D eigenvalue weighted by molar-refractivity contribution is 5.97. The molecule has 7 nitrogen and oxygen atoms in total. The summed E-state index contributed by atoms with van der Waals surface area (Å²) in [7, 11) is 1.35. The summed E-state index contributed by atoms with van der Waals surface area (Å²) >= 11 is 0. The highest BCUT2D eigenvalue weighted by Gasteiger charge is 2.20. The molecule has 0 aliphatic rings. The molecule has 0 fully saturated rings. The van der Waals surface area contributed by atoms with Crippen molar-refractivity contribution in [2.45, 2.75) is 13.3 Å². The van der Waals surface area contributed by atoms with Crippen molar-refractivity contribution in [3.63, 3.8) is 0 Å². The van der Waals surface area contributed by atoms with Crippen LogP contribution in [0.5, 0.6) is 5.75 Å². The van der Waals surface area contributed by atoms with E-state index >= 15 is 0 Å². The number of nitriles is 1. The molecule has 20 heavy (non-hydrogen) atoms. The van der Waals surface area contributed by atoms with Gasteiger partial charge in [0.05, 0.1) is 36.2 Å². The van der Waals surface area contributed by atoms with E-state index in [1.807, 2.05) is 6.07 Å². The molecule has 0 bridgehead atoms. The maximum Gasteiger partial charge on any atom is 0.273 e. The Morgan fingerprint density at radius 3 is 2.75 bits per heavy atom. The second-order valence-electron chi connectivity index (χ2n) is 3.93. The van der Waals surface area contributed by atoms with Crippen LogP contribution in [0.15, 0.2) is 18.2 Å².